The summed E-state index contributed by atoms with van der Waals surface area (Å²) in [5, 5.41) is 22.5. The maximum Gasteiger partial charge on any atom is 0.334 e. The second-order valence-electron chi connectivity index (χ2n) is 4.51. The maximum atomic E-state index is 11.4. The van der Waals surface area contributed by atoms with Crippen LogP contribution in [0.3, 0.4) is 0 Å². The number of aliphatic hydroxyl groups excluding tert-OH is 1. The van der Waals surface area contributed by atoms with Gasteiger partial charge in [-0.15, -0.1) is 0 Å². The van der Waals surface area contributed by atoms with Gasteiger partial charge in [0.2, 0.25) is 0 Å². The van der Waals surface area contributed by atoms with Crippen LogP contribution in [-0.2, 0) is 4.79 Å². The van der Waals surface area contributed by atoms with Gasteiger partial charge in [0.15, 0.2) is 6.10 Å². The van der Waals surface area contributed by atoms with Crippen molar-refractivity contribution in [3.05, 3.63) is 0 Å². The van der Waals surface area contributed by atoms with E-state index < -0.39 is 18.1 Å². The fourth-order valence-electron chi connectivity index (χ4n) is 2.05. The number of carbonyl (C=O) groups is 2. The Morgan fingerprint density at radius 3 is 2.44 bits per heavy atom. The van der Waals surface area contributed by atoms with E-state index in [1.54, 1.807) is 11.8 Å². The Morgan fingerprint density at radius 1 is 1.33 bits per heavy atom. The molecule has 1 atom stereocenters. The third-order valence-electron chi connectivity index (χ3n) is 3.26. The van der Waals surface area contributed by atoms with Gasteiger partial charge in [-0.3, -0.25) is 0 Å². The predicted molar refractivity (Wildman–Crippen MR) is 69.8 cm³/mol. The van der Waals surface area contributed by atoms with Crippen LogP contribution in [0.1, 0.15) is 25.7 Å². The molecule has 2 amide bonds. The Morgan fingerprint density at radius 2 is 1.94 bits per heavy atom. The Kier molecular flexibility index (Phi) is 5.74. The van der Waals surface area contributed by atoms with E-state index in [9.17, 15) is 9.59 Å². The lowest BCUT2D eigenvalue weighted by Crippen LogP contribution is -2.46. The van der Waals surface area contributed by atoms with Gasteiger partial charge in [-0.2, -0.15) is 11.8 Å². The summed E-state index contributed by atoms with van der Waals surface area (Å²) >= 11 is 1.77. The number of aliphatic hydroxyl groups is 1. The number of thioether (sulfide) groups is 1. The van der Waals surface area contributed by atoms with E-state index in [1.807, 2.05) is 6.26 Å². The number of nitrogens with one attached hydrogen (secondary N) is 2. The summed E-state index contributed by atoms with van der Waals surface area (Å²) in [7, 11) is 0. The minimum Gasteiger partial charge on any atom is -0.479 e. The van der Waals surface area contributed by atoms with Crippen LogP contribution in [-0.4, -0.2) is 52.4 Å². The van der Waals surface area contributed by atoms with E-state index >= 15 is 0 Å². The first-order chi connectivity index (χ1) is 8.49. The minimum absolute atomic E-state index is 0.114. The van der Waals surface area contributed by atoms with Crippen LogP contribution in [0.4, 0.5) is 4.79 Å². The molecule has 0 aromatic rings. The van der Waals surface area contributed by atoms with Crippen LogP contribution in [0.15, 0.2) is 0 Å². The summed E-state index contributed by atoms with van der Waals surface area (Å²) < 4.78 is 0.114. The van der Waals surface area contributed by atoms with Gasteiger partial charge in [0, 0.05) is 11.3 Å². The Labute approximate surface area is 111 Å². The zero-order valence-electron chi connectivity index (χ0n) is 10.4. The van der Waals surface area contributed by atoms with Crippen molar-refractivity contribution in [2.75, 3.05) is 19.3 Å². The molecule has 4 N–H and O–H groups in total. The lowest BCUT2D eigenvalue weighted by Gasteiger charge is -2.26. The highest BCUT2D eigenvalue weighted by molar-refractivity contribution is 8.00. The predicted octanol–water partition coefficient (Wildman–Crippen LogP) is 0.407. The van der Waals surface area contributed by atoms with E-state index in [2.05, 4.69) is 10.6 Å². The second kappa shape index (κ2) is 6.84. The highest BCUT2D eigenvalue weighted by Gasteiger charge is 2.33. The standard InChI is InChI=1S/C11H20N2O4S/c1-18-11(4-2-3-5-11)7-13-10(17)12-6-8(14)9(15)16/h8,14H,2-7H2,1H3,(H,15,16)(H2,12,13,17). The van der Waals surface area contributed by atoms with Crippen LogP contribution in [0, 0.1) is 0 Å². The summed E-state index contributed by atoms with van der Waals surface area (Å²) in [5.41, 5.74) is 0. The quantitative estimate of drug-likeness (QED) is 0.563. The summed E-state index contributed by atoms with van der Waals surface area (Å²) in [6.07, 6.45) is 5.03. The molecule has 0 bridgehead atoms. The van der Waals surface area contributed by atoms with E-state index in [0.717, 1.165) is 12.8 Å². The van der Waals surface area contributed by atoms with Gasteiger partial charge >= 0.3 is 12.0 Å². The number of hydrogen-bond acceptors (Lipinski definition) is 4. The highest BCUT2D eigenvalue weighted by Crippen LogP contribution is 2.39. The van der Waals surface area contributed by atoms with Crippen molar-refractivity contribution in [2.24, 2.45) is 0 Å². The van der Waals surface area contributed by atoms with E-state index in [4.69, 9.17) is 10.2 Å². The molecule has 1 rings (SSSR count). The molecular weight excluding hydrogens is 256 g/mol. The van der Waals surface area contributed by atoms with Gasteiger partial charge in [-0.25, -0.2) is 9.59 Å². The molecule has 104 valence electrons. The zero-order chi connectivity index (χ0) is 13.6. The van der Waals surface area contributed by atoms with E-state index in [0.29, 0.717) is 6.54 Å². The Balaban J connectivity index is 2.26. The van der Waals surface area contributed by atoms with Gasteiger partial charge < -0.3 is 20.8 Å². The second-order valence-corrected chi connectivity index (χ2v) is 5.79. The number of amides is 2. The maximum absolute atomic E-state index is 11.4. The number of carbonyl (C=O) groups excluding carboxylic acids is 1. The molecule has 0 spiro atoms. The summed E-state index contributed by atoms with van der Waals surface area (Å²) in [5.74, 6) is -1.34. The molecule has 1 aliphatic carbocycles. The summed E-state index contributed by atoms with van der Waals surface area (Å²) in [6, 6.07) is -0.435. The topological polar surface area (TPSA) is 98.7 Å². The van der Waals surface area contributed by atoms with Gasteiger partial charge in [-0.1, -0.05) is 12.8 Å². The van der Waals surface area contributed by atoms with Crippen molar-refractivity contribution in [1.82, 2.24) is 10.6 Å². The number of rotatable bonds is 6. The number of aliphatic carboxylic acids is 1. The van der Waals surface area contributed by atoms with Crippen molar-refractivity contribution in [3.8, 4) is 0 Å². The van der Waals surface area contributed by atoms with Gasteiger partial charge in [0.05, 0.1) is 6.54 Å². The molecule has 1 unspecified atom stereocenters. The summed E-state index contributed by atoms with van der Waals surface area (Å²) in [4.78, 5) is 21.8. The average Bonchev–Trinajstić information content (AvgIpc) is 2.82. The normalized spacial score (nSPS) is 19.2. The fourth-order valence-corrected chi connectivity index (χ4v) is 2.97. The van der Waals surface area contributed by atoms with Gasteiger partial charge in [0.25, 0.3) is 0 Å². The van der Waals surface area contributed by atoms with Crippen LogP contribution in [0.25, 0.3) is 0 Å². The summed E-state index contributed by atoms with van der Waals surface area (Å²) in [6.45, 7) is 0.288. The lowest BCUT2D eigenvalue weighted by molar-refractivity contribution is -0.146. The van der Waals surface area contributed by atoms with Crippen molar-refractivity contribution >= 4 is 23.8 Å². The third kappa shape index (κ3) is 4.38. The average molecular weight is 276 g/mol. The van der Waals surface area contributed by atoms with Crippen LogP contribution < -0.4 is 10.6 Å². The molecule has 1 fully saturated rings. The molecular formula is C11H20N2O4S. The molecule has 0 aromatic heterocycles. The zero-order valence-corrected chi connectivity index (χ0v) is 11.3. The van der Waals surface area contributed by atoms with Gasteiger partial charge in [0.1, 0.15) is 0 Å². The van der Waals surface area contributed by atoms with Crippen LogP contribution in [0.2, 0.25) is 0 Å². The van der Waals surface area contributed by atoms with Crippen LogP contribution >= 0.6 is 11.8 Å². The SMILES string of the molecule is CSC1(CNC(=O)NCC(O)C(=O)O)CCCC1. The first-order valence-electron chi connectivity index (χ1n) is 5.97. The molecule has 1 aliphatic rings. The molecule has 6 nitrogen and oxygen atoms in total. The van der Waals surface area contributed by atoms with Crippen LogP contribution in [0.5, 0.6) is 0 Å². The number of carboxylic acid groups (broad SMARTS) is 1. The number of hydrogen-bond donors (Lipinski definition) is 4. The van der Waals surface area contributed by atoms with Crippen molar-refractivity contribution in [1.29, 1.82) is 0 Å². The lowest BCUT2D eigenvalue weighted by atomic mass is 10.1. The third-order valence-corrected chi connectivity index (χ3v) is 4.68. The van der Waals surface area contributed by atoms with Crippen molar-refractivity contribution in [2.45, 2.75) is 36.5 Å². The largest absolute Gasteiger partial charge is 0.479 e. The molecule has 0 saturated heterocycles. The first-order valence-corrected chi connectivity index (χ1v) is 7.19. The first kappa shape index (κ1) is 15.1. The fraction of sp³-hybridized carbons (Fsp3) is 0.818. The van der Waals surface area contributed by atoms with E-state index in [-0.39, 0.29) is 11.3 Å². The molecule has 1 saturated carbocycles. The Hall–Kier alpha value is -0.950. The molecule has 0 radical (unpaired) electrons. The Bertz CT molecular complexity index is 305. The van der Waals surface area contributed by atoms with Crippen molar-refractivity contribution < 1.29 is 19.8 Å². The molecule has 18 heavy (non-hydrogen) atoms. The monoisotopic (exact) mass is 276 g/mol. The smallest absolute Gasteiger partial charge is 0.334 e. The number of carboxylic acids is 1. The molecule has 7 heteroatoms. The van der Waals surface area contributed by atoms with E-state index in [1.165, 1.54) is 12.8 Å². The molecule has 0 aliphatic heterocycles. The van der Waals surface area contributed by atoms with Gasteiger partial charge in [-0.05, 0) is 19.1 Å². The highest BCUT2D eigenvalue weighted by atomic mass is 32.2. The molecule has 0 aromatic carbocycles. The number of urea groups is 1. The minimum atomic E-state index is -1.56. The molecule has 0 heterocycles. The van der Waals surface area contributed by atoms with Crippen molar-refractivity contribution in [3.63, 3.8) is 0 Å².